The molecular formula is C46H58F5N11O6. The molecule has 4 aromatic heterocycles. The topological polar surface area (TPSA) is 203 Å². The second-order valence-corrected chi connectivity index (χ2v) is 16.4. The van der Waals surface area contributed by atoms with Crippen molar-refractivity contribution < 1.29 is 51.9 Å². The van der Waals surface area contributed by atoms with E-state index in [1.807, 2.05) is 23.3 Å². The molecule has 2 aliphatic heterocycles. The van der Waals surface area contributed by atoms with Crippen molar-refractivity contribution >= 4 is 39.6 Å². The number of carbonyl (C=O) groups is 1. The zero-order valence-corrected chi connectivity index (χ0v) is 38.4. The molecule has 1 amide bonds. The van der Waals surface area contributed by atoms with Gasteiger partial charge in [-0.05, 0) is 62.4 Å². The maximum absolute atomic E-state index is 15.2. The van der Waals surface area contributed by atoms with E-state index in [-0.39, 0.29) is 43.0 Å². The maximum Gasteiger partial charge on any atom is 0.453 e. The molecule has 68 heavy (non-hydrogen) atoms. The Bertz CT molecular complexity index is 2620. The summed E-state index contributed by atoms with van der Waals surface area (Å²) in [4.78, 5) is 40.0. The summed E-state index contributed by atoms with van der Waals surface area (Å²) in [6, 6.07) is 10.6. The van der Waals surface area contributed by atoms with Crippen LogP contribution in [0.4, 0.5) is 33.6 Å². The summed E-state index contributed by atoms with van der Waals surface area (Å²) < 4.78 is 70.3. The fourth-order valence-electron chi connectivity index (χ4n) is 8.44. The molecule has 2 bridgehead atoms. The molecule has 1 saturated heterocycles. The van der Waals surface area contributed by atoms with Crippen molar-refractivity contribution in [2.75, 3.05) is 69.8 Å². The average molecular weight is 956 g/mol. The second-order valence-electron chi connectivity index (χ2n) is 16.4. The highest BCUT2D eigenvalue weighted by atomic mass is 19.3. The Balaban J connectivity index is 0.00000121. The largest absolute Gasteiger partial charge is 0.453 e. The lowest BCUT2D eigenvalue weighted by Gasteiger charge is -2.38. The Hall–Kier alpha value is -6.07. The van der Waals surface area contributed by atoms with Crippen molar-refractivity contribution in [2.45, 2.75) is 78.5 Å². The van der Waals surface area contributed by atoms with Crippen LogP contribution >= 0.6 is 0 Å². The number of pyridine rings is 1. The highest BCUT2D eigenvalue weighted by Crippen LogP contribution is 2.35. The number of aryl methyl sites for hydroxylation is 2. The van der Waals surface area contributed by atoms with Crippen LogP contribution in [-0.2, 0) is 17.8 Å². The number of rotatable bonds is 12. The van der Waals surface area contributed by atoms with Crippen molar-refractivity contribution in [1.82, 2.24) is 44.1 Å². The molecule has 6 aromatic rings. The number of benzene rings is 2. The molecule has 5 N–H and O–H groups in total. The number of aromatic nitrogens is 7. The zero-order chi connectivity index (χ0) is 49.1. The van der Waals surface area contributed by atoms with Gasteiger partial charge in [0.15, 0.2) is 11.4 Å². The number of anilines is 2. The first-order chi connectivity index (χ1) is 32.7. The number of hydrogen-bond acceptors (Lipinski definition) is 14. The molecule has 0 aliphatic carbocycles. The van der Waals surface area contributed by atoms with Crippen LogP contribution in [-0.4, -0.2) is 142 Å². The third kappa shape index (κ3) is 12.1. The van der Waals surface area contributed by atoms with Crippen LogP contribution in [0, 0.1) is 24.5 Å². The first kappa shape index (κ1) is 51.3. The molecule has 17 nitrogen and oxygen atoms in total. The van der Waals surface area contributed by atoms with Gasteiger partial charge < -0.3 is 49.7 Å². The molecule has 368 valence electrons. The van der Waals surface area contributed by atoms with Gasteiger partial charge in [-0.3, -0.25) is 4.79 Å². The quantitative estimate of drug-likeness (QED) is 0.0728. The van der Waals surface area contributed by atoms with E-state index in [9.17, 15) is 42.8 Å². The van der Waals surface area contributed by atoms with Crippen molar-refractivity contribution in [3.63, 3.8) is 0 Å². The number of amides is 1. The summed E-state index contributed by atoms with van der Waals surface area (Å²) in [6.45, 7) is 8.18. The minimum Gasteiger partial charge on any atom is -0.414 e. The van der Waals surface area contributed by atoms with Crippen LogP contribution in [0.25, 0.3) is 39.0 Å². The Morgan fingerprint density at radius 2 is 1.68 bits per heavy atom. The molecule has 22 heteroatoms. The van der Waals surface area contributed by atoms with Crippen molar-refractivity contribution in [1.29, 1.82) is 0 Å². The lowest BCUT2D eigenvalue weighted by Crippen LogP contribution is -2.51. The van der Waals surface area contributed by atoms with E-state index in [0.717, 1.165) is 12.1 Å². The van der Waals surface area contributed by atoms with Gasteiger partial charge in [0.1, 0.15) is 53.3 Å². The monoisotopic (exact) mass is 955 g/mol. The molecule has 1 unspecified atom stereocenters. The summed E-state index contributed by atoms with van der Waals surface area (Å²) in [5.74, 6) is -0.119. The lowest BCUT2D eigenvalue weighted by molar-refractivity contribution is -0.419. The molecule has 6 heterocycles. The first-order valence-corrected chi connectivity index (χ1v) is 22.5. The minimum absolute atomic E-state index is 0.00634. The van der Waals surface area contributed by atoms with Crippen LogP contribution in [0.5, 0.6) is 5.75 Å². The van der Waals surface area contributed by atoms with Crippen LogP contribution in [0.1, 0.15) is 58.1 Å². The number of nitrogens with zero attached hydrogens (tertiary/aromatic N) is 10. The zero-order valence-electron chi connectivity index (χ0n) is 38.4. The number of hydrogen-bond donors (Lipinski definition) is 5. The predicted molar refractivity (Wildman–Crippen MR) is 245 cm³/mol. The molecular weight excluding hydrogens is 898 g/mol. The van der Waals surface area contributed by atoms with Gasteiger partial charge in [0, 0.05) is 70.0 Å². The highest BCUT2D eigenvalue weighted by molar-refractivity contribution is 5.93. The maximum atomic E-state index is 15.2. The van der Waals surface area contributed by atoms with Crippen molar-refractivity contribution in [3.8, 4) is 22.7 Å². The standard InChI is InChI=1S/C42H48F3N11O6.C3H8.CH2F2/c1-3-33-41(58)53(13-6-16-57)12-5-14-54-25(2)48-32-19-28(45)18-29(38(32)54)31-7-4-8-36(49-31)46-24-55(33)39-30-21-47-56(34-10-9-27(44)20-35(34)62-42(59,60)61)40(30)51-37(50-39)17-26-22-52(23-26)15-11-43;1-3-2;2-1-3/h4,7-10,18-21,26,33,57,59-61H,3,5-6,11-17,22-24H2,1-2H3,(H,46,49);3H2,1-2H3;1H2. The molecule has 0 radical (unpaired) electrons. The second kappa shape index (κ2) is 23.3. The molecule has 0 spiro atoms. The van der Waals surface area contributed by atoms with Gasteiger partial charge in [0.2, 0.25) is 12.8 Å². The van der Waals surface area contributed by atoms with E-state index in [2.05, 4.69) is 29.2 Å². The number of alkyl halides is 3. The summed E-state index contributed by atoms with van der Waals surface area (Å²) in [6.07, 6.45) is 0.584. The van der Waals surface area contributed by atoms with Crippen molar-refractivity contribution in [2.24, 2.45) is 5.92 Å². The molecule has 2 aromatic carbocycles. The first-order valence-electron chi connectivity index (χ1n) is 22.5. The third-order valence-electron chi connectivity index (χ3n) is 11.2. The Morgan fingerprint density at radius 3 is 2.37 bits per heavy atom. The van der Waals surface area contributed by atoms with Gasteiger partial charge in [-0.2, -0.15) is 5.10 Å². The van der Waals surface area contributed by atoms with E-state index in [1.54, 1.807) is 28.0 Å². The Kier molecular flexibility index (Phi) is 17.6. The smallest absolute Gasteiger partial charge is 0.414 e. The number of nitrogens with one attached hydrogen (secondary N) is 1. The number of ether oxygens (including phenoxy) is 1. The number of likely N-dealkylation sites (tertiary alicyclic amines) is 1. The number of carbonyl (C=O) groups excluding carboxylic acids is 1. The van der Waals surface area contributed by atoms with Gasteiger partial charge in [-0.25, -0.2) is 46.6 Å². The van der Waals surface area contributed by atoms with E-state index in [1.165, 1.54) is 35.5 Å². The van der Waals surface area contributed by atoms with E-state index in [4.69, 9.17) is 19.7 Å². The van der Waals surface area contributed by atoms with E-state index < -0.39 is 43.2 Å². The van der Waals surface area contributed by atoms with Gasteiger partial charge in [0.05, 0.1) is 35.0 Å². The van der Waals surface area contributed by atoms with E-state index in [0.29, 0.717) is 109 Å². The van der Waals surface area contributed by atoms with Gasteiger partial charge in [-0.15, -0.1) is 0 Å². The number of aliphatic hydroxyl groups excluding tert-OH is 1. The van der Waals surface area contributed by atoms with Gasteiger partial charge >= 0.3 is 6.16 Å². The van der Waals surface area contributed by atoms with Crippen LogP contribution < -0.4 is 15.0 Å². The number of imidazole rings is 1. The van der Waals surface area contributed by atoms with Crippen LogP contribution in [0.15, 0.2) is 54.7 Å². The molecule has 0 saturated carbocycles. The van der Waals surface area contributed by atoms with Gasteiger partial charge in [0.25, 0.3) is 0 Å². The fraction of sp³-hybridized carbons (Fsp3) is 0.478. The molecule has 1 atom stereocenters. The fourth-order valence-corrected chi connectivity index (χ4v) is 8.44. The highest BCUT2D eigenvalue weighted by Gasteiger charge is 2.34. The average Bonchev–Trinajstić information content (AvgIpc) is 3.84. The van der Waals surface area contributed by atoms with E-state index >= 15 is 4.39 Å². The third-order valence-corrected chi connectivity index (χ3v) is 11.2. The Labute approximate surface area is 389 Å². The summed E-state index contributed by atoms with van der Waals surface area (Å²) in [5.41, 5.74) is 2.44. The number of fused-ring (bicyclic) bond motifs is 4. The molecule has 1 fully saturated rings. The van der Waals surface area contributed by atoms with Crippen LogP contribution in [0.3, 0.4) is 0 Å². The van der Waals surface area contributed by atoms with Crippen LogP contribution in [0.2, 0.25) is 0 Å². The minimum atomic E-state index is -3.66. The Morgan fingerprint density at radius 1 is 0.926 bits per heavy atom. The number of aliphatic hydroxyl groups is 4. The molecule has 8 rings (SSSR count). The summed E-state index contributed by atoms with van der Waals surface area (Å²) in [5, 5.41) is 47.4. The number of halogens is 5. The predicted octanol–water partition coefficient (Wildman–Crippen LogP) is 5.79. The molecule has 2 aliphatic rings. The van der Waals surface area contributed by atoms with Gasteiger partial charge in [-0.1, -0.05) is 33.3 Å². The van der Waals surface area contributed by atoms with Crippen molar-refractivity contribution in [3.05, 3.63) is 78.0 Å². The summed E-state index contributed by atoms with van der Waals surface area (Å²) in [7, 11) is 0. The lowest BCUT2D eigenvalue weighted by atomic mass is 9.96. The normalized spacial score (nSPS) is 16.0. The summed E-state index contributed by atoms with van der Waals surface area (Å²) >= 11 is 0. The SMILES string of the molecule is CCC.CCC1C(=O)N(CCCO)CCCn2c(C)nc3cc(F)cc(c32)-c2cccc(n2)NCN1c1nc(CC2CN(CCF)C2)nc2c1cnn2-c1ccc(F)cc1OC(O)(O)O.FCF.